The second-order valence-electron chi connectivity index (χ2n) is 5.14. The Labute approximate surface area is 97.7 Å². The third-order valence-corrected chi connectivity index (χ3v) is 3.59. The molecular weight excluding hydrogens is 198 g/mol. The molecule has 1 fully saturated rings. The first-order valence-corrected chi connectivity index (χ1v) is 6.27. The van der Waals surface area contributed by atoms with Gasteiger partial charge in [-0.2, -0.15) is 0 Å². The number of hydrogen-bond donors (Lipinski definition) is 1. The molecule has 88 valence electrons. The molecule has 1 aliphatic rings. The summed E-state index contributed by atoms with van der Waals surface area (Å²) in [6, 6.07) is 0.604. The molecule has 1 saturated carbocycles. The lowest BCUT2D eigenvalue weighted by molar-refractivity contribution is 0.264. The summed E-state index contributed by atoms with van der Waals surface area (Å²) in [5.74, 6) is 1.67. The molecule has 0 aliphatic heterocycles. The first-order valence-electron chi connectivity index (χ1n) is 6.27. The van der Waals surface area contributed by atoms with Gasteiger partial charge in [0.15, 0.2) is 0 Å². The molecule has 1 aliphatic carbocycles. The zero-order chi connectivity index (χ0) is 11.4. The predicted molar refractivity (Wildman–Crippen MR) is 66.2 cm³/mol. The highest BCUT2D eigenvalue weighted by molar-refractivity contribution is 5.38. The van der Waals surface area contributed by atoms with Crippen molar-refractivity contribution < 1.29 is 0 Å². The smallest absolute Gasteiger partial charge is 0.115 e. The van der Waals surface area contributed by atoms with E-state index in [2.05, 4.69) is 29.1 Å². The highest BCUT2D eigenvalue weighted by Gasteiger charge is 2.23. The third kappa shape index (κ3) is 2.94. The van der Waals surface area contributed by atoms with Crippen LogP contribution in [0.3, 0.4) is 0 Å². The highest BCUT2D eigenvalue weighted by Crippen LogP contribution is 2.31. The largest absolute Gasteiger partial charge is 0.380 e. The molecule has 0 spiro atoms. The molecular formula is C13H21N3. The molecule has 16 heavy (non-hydrogen) atoms. The van der Waals surface area contributed by atoms with Crippen molar-refractivity contribution in [3.8, 4) is 0 Å². The molecule has 3 heteroatoms. The van der Waals surface area contributed by atoms with E-state index < -0.39 is 0 Å². The maximum absolute atomic E-state index is 4.03. The summed E-state index contributed by atoms with van der Waals surface area (Å²) in [5, 5.41) is 3.54. The molecule has 0 saturated heterocycles. The van der Waals surface area contributed by atoms with Crippen molar-refractivity contribution in [3.63, 3.8) is 0 Å². The SMILES string of the molecule is CC(C)C1CCCC(Nc2cncnc2)C1. The van der Waals surface area contributed by atoms with E-state index in [9.17, 15) is 0 Å². The standard InChI is InChI=1S/C13H21N3/c1-10(2)11-4-3-5-12(6-11)16-13-7-14-9-15-8-13/h7-12,16H,3-6H2,1-2H3. The van der Waals surface area contributed by atoms with E-state index in [-0.39, 0.29) is 0 Å². The normalized spacial score (nSPS) is 25.7. The average Bonchev–Trinajstić information content (AvgIpc) is 2.30. The lowest BCUT2D eigenvalue weighted by Gasteiger charge is -2.32. The van der Waals surface area contributed by atoms with Crippen molar-refractivity contribution in [2.24, 2.45) is 11.8 Å². The Bertz CT molecular complexity index is 310. The van der Waals surface area contributed by atoms with Crippen LogP contribution >= 0.6 is 0 Å². The van der Waals surface area contributed by atoms with Gasteiger partial charge in [-0.25, -0.2) is 9.97 Å². The number of hydrogen-bond acceptors (Lipinski definition) is 3. The number of nitrogens with one attached hydrogen (secondary N) is 1. The molecule has 2 rings (SSSR count). The van der Waals surface area contributed by atoms with Gasteiger partial charge in [-0.15, -0.1) is 0 Å². The summed E-state index contributed by atoms with van der Waals surface area (Å²) in [7, 11) is 0. The van der Waals surface area contributed by atoms with Crippen LogP contribution < -0.4 is 5.32 Å². The quantitative estimate of drug-likeness (QED) is 0.848. The fourth-order valence-electron chi connectivity index (χ4n) is 2.57. The van der Waals surface area contributed by atoms with Crippen LogP contribution in [-0.4, -0.2) is 16.0 Å². The van der Waals surface area contributed by atoms with Crippen LogP contribution in [0.1, 0.15) is 39.5 Å². The van der Waals surface area contributed by atoms with Crippen LogP contribution in [-0.2, 0) is 0 Å². The fraction of sp³-hybridized carbons (Fsp3) is 0.692. The Morgan fingerprint density at radius 3 is 2.69 bits per heavy atom. The minimum atomic E-state index is 0.604. The van der Waals surface area contributed by atoms with Gasteiger partial charge in [0.1, 0.15) is 6.33 Å². The summed E-state index contributed by atoms with van der Waals surface area (Å²) in [4.78, 5) is 8.06. The minimum absolute atomic E-state index is 0.604. The zero-order valence-corrected chi connectivity index (χ0v) is 10.2. The molecule has 1 aromatic rings. The molecule has 1 N–H and O–H groups in total. The van der Waals surface area contributed by atoms with Crippen molar-refractivity contribution in [3.05, 3.63) is 18.7 Å². The minimum Gasteiger partial charge on any atom is -0.380 e. The maximum Gasteiger partial charge on any atom is 0.115 e. The second kappa shape index (κ2) is 5.28. The Morgan fingerprint density at radius 2 is 2.00 bits per heavy atom. The molecule has 1 heterocycles. The summed E-state index contributed by atoms with van der Waals surface area (Å²) in [5.41, 5.74) is 1.05. The molecule has 2 atom stereocenters. The topological polar surface area (TPSA) is 37.8 Å². The fourth-order valence-corrected chi connectivity index (χ4v) is 2.57. The van der Waals surface area contributed by atoms with E-state index in [1.165, 1.54) is 25.7 Å². The second-order valence-corrected chi connectivity index (χ2v) is 5.14. The van der Waals surface area contributed by atoms with Crippen LogP contribution in [0.25, 0.3) is 0 Å². The number of aromatic nitrogens is 2. The van der Waals surface area contributed by atoms with Crippen molar-refractivity contribution in [2.75, 3.05) is 5.32 Å². The summed E-state index contributed by atoms with van der Waals surface area (Å²) in [6.07, 6.45) is 10.6. The predicted octanol–water partition coefficient (Wildman–Crippen LogP) is 3.10. The van der Waals surface area contributed by atoms with Crippen molar-refractivity contribution in [1.82, 2.24) is 9.97 Å². The van der Waals surface area contributed by atoms with Gasteiger partial charge in [0.25, 0.3) is 0 Å². The van der Waals surface area contributed by atoms with E-state index in [1.807, 2.05) is 12.4 Å². The summed E-state index contributed by atoms with van der Waals surface area (Å²) < 4.78 is 0. The van der Waals surface area contributed by atoms with E-state index in [1.54, 1.807) is 6.33 Å². The number of anilines is 1. The van der Waals surface area contributed by atoms with E-state index in [0.717, 1.165) is 17.5 Å². The van der Waals surface area contributed by atoms with E-state index in [4.69, 9.17) is 0 Å². The van der Waals surface area contributed by atoms with Crippen molar-refractivity contribution in [2.45, 2.75) is 45.6 Å². The van der Waals surface area contributed by atoms with E-state index >= 15 is 0 Å². The first kappa shape index (κ1) is 11.4. The molecule has 3 nitrogen and oxygen atoms in total. The van der Waals surface area contributed by atoms with Crippen LogP contribution in [0.2, 0.25) is 0 Å². The zero-order valence-electron chi connectivity index (χ0n) is 10.2. The third-order valence-electron chi connectivity index (χ3n) is 3.59. The number of rotatable bonds is 3. The van der Waals surface area contributed by atoms with E-state index in [0.29, 0.717) is 6.04 Å². The Morgan fingerprint density at radius 1 is 1.25 bits per heavy atom. The Kier molecular flexibility index (Phi) is 3.75. The molecule has 0 amide bonds. The van der Waals surface area contributed by atoms with Gasteiger partial charge in [-0.05, 0) is 24.7 Å². The first-order chi connectivity index (χ1) is 7.75. The molecule has 2 unspecified atom stereocenters. The molecule has 0 radical (unpaired) electrons. The Hall–Kier alpha value is -1.12. The van der Waals surface area contributed by atoms with Gasteiger partial charge in [-0.1, -0.05) is 26.7 Å². The van der Waals surface area contributed by atoms with Gasteiger partial charge < -0.3 is 5.32 Å². The monoisotopic (exact) mass is 219 g/mol. The highest BCUT2D eigenvalue weighted by atomic mass is 15.0. The van der Waals surface area contributed by atoms with Gasteiger partial charge in [0.2, 0.25) is 0 Å². The molecule has 1 aromatic heterocycles. The Balaban J connectivity index is 1.90. The van der Waals surface area contributed by atoms with Gasteiger partial charge in [0, 0.05) is 6.04 Å². The van der Waals surface area contributed by atoms with Gasteiger partial charge >= 0.3 is 0 Å². The van der Waals surface area contributed by atoms with Crippen LogP contribution in [0, 0.1) is 11.8 Å². The van der Waals surface area contributed by atoms with Gasteiger partial charge in [-0.3, -0.25) is 0 Å². The summed E-state index contributed by atoms with van der Waals surface area (Å²) in [6.45, 7) is 4.66. The van der Waals surface area contributed by atoms with Crippen LogP contribution in [0.5, 0.6) is 0 Å². The molecule has 0 aromatic carbocycles. The van der Waals surface area contributed by atoms with Crippen LogP contribution in [0.15, 0.2) is 18.7 Å². The van der Waals surface area contributed by atoms with Crippen molar-refractivity contribution >= 4 is 5.69 Å². The molecule has 0 bridgehead atoms. The van der Waals surface area contributed by atoms with Crippen molar-refractivity contribution in [1.29, 1.82) is 0 Å². The maximum atomic E-state index is 4.03. The lowest BCUT2D eigenvalue weighted by Crippen LogP contribution is -2.29. The lowest BCUT2D eigenvalue weighted by atomic mass is 9.79. The number of nitrogens with zero attached hydrogens (tertiary/aromatic N) is 2. The van der Waals surface area contributed by atoms with Gasteiger partial charge in [0.05, 0.1) is 18.1 Å². The van der Waals surface area contributed by atoms with Crippen LogP contribution in [0.4, 0.5) is 5.69 Å². The average molecular weight is 219 g/mol. The summed E-state index contributed by atoms with van der Waals surface area (Å²) >= 11 is 0.